The van der Waals surface area contributed by atoms with E-state index >= 15 is 0 Å². The summed E-state index contributed by atoms with van der Waals surface area (Å²) in [7, 11) is 1.31. The van der Waals surface area contributed by atoms with Crippen molar-refractivity contribution in [3.63, 3.8) is 0 Å². The van der Waals surface area contributed by atoms with Crippen molar-refractivity contribution in [3.8, 4) is 5.88 Å². The molecule has 134 valence electrons. The third-order valence-corrected chi connectivity index (χ3v) is 4.89. The Bertz CT molecular complexity index is 842. The number of hydrogen-bond donors (Lipinski definition) is 0. The van der Waals surface area contributed by atoms with Gasteiger partial charge in [-0.1, -0.05) is 0 Å². The zero-order chi connectivity index (χ0) is 17.8. The molecule has 0 atom stereocenters. The minimum atomic E-state index is -0.644. The molecule has 7 nitrogen and oxygen atoms in total. The molecule has 2 bridgehead atoms. The molecule has 4 heterocycles. The summed E-state index contributed by atoms with van der Waals surface area (Å²) >= 11 is 0. The number of ether oxygens (including phenoxy) is 3. The molecule has 2 aromatic rings. The van der Waals surface area contributed by atoms with Crippen LogP contribution in [0.5, 0.6) is 5.88 Å². The average molecular weight is 349 g/mol. The van der Waals surface area contributed by atoms with Gasteiger partial charge in [-0.15, -0.1) is 0 Å². The molecule has 0 radical (unpaired) electrons. The number of alkyl halides is 1. The van der Waals surface area contributed by atoms with Crippen LogP contribution in [0.3, 0.4) is 0 Å². The zero-order valence-corrected chi connectivity index (χ0v) is 14.4. The Morgan fingerprint density at radius 3 is 2.84 bits per heavy atom. The molecule has 2 aliphatic heterocycles. The Kier molecular flexibility index (Phi) is 3.50. The summed E-state index contributed by atoms with van der Waals surface area (Å²) in [4.78, 5) is 16.4. The summed E-state index contributed by atoms with van der Waals surface area (Å²) < 4.78 is 31.0. The Labute approximate surface area is 144 Å². The lowest BCUT2D eigenvalue weighted by Crippen LogP contribution is -2.52. The largest absolute Gasteiger partial charge is 0.474 e. The summed E-state index contributed by atoms with van der Waals surface area (Å²) in [6.07, 6.45) is 2.88. The van der Waals surface area contributed by atoms with Crippen LogP contribution in [0.15, 0.2) is 12.3 Å². The van der Waals surface area contributed by atoms with E-state index in [4.69, 9.17) is 14.2 Å². The van der Waals surface area contributed by atoms with Crippen LogP contribution in [0, 0.1) is 0 Å². The van der Waals surface area contributed by atoms with Crippen molar-refractivity contribution in [1.29, 1.82) is 0 Å². The molecule has 1 saturated carbocycles. The third-order valence-electron chi connectivity index (χ3n) is 4.89. The van der Waals surface area contributed by atoms with Gasteiger partial charge in [-0.2, -0.15) is 10.1 Å². The van der Waals surface area contributed by atoms with Crippen LogP contribution < -0.4 is 4.74 Å². The topological polar surface area (TPSA) is 75.5 Å². The predicted octanol–water partition coefficient (Wildman–Crippen LogP) is 2.23. The monoisotopic (exact) mass is 349 g/mol. The van der Waals surface area contributed by atoms with Crippen LogP contribution in [-0.2, 0) is 15.0 Å². The van der Waals surface area contributed by atoms with Gasteiger partial charge in [-0.3, -0.25) is 4.68 Å². The number of nitrogens with zero attached hydrogens (tertiary/aromatic N) is 3. The van der Waals surface area contributed by atoms with E-state index in [0.717, 1.165) is 0 Å². The van der Waals surface area contributed by atoms with Crippen molar-refractivity contribution in [2.75, 3.05) is 20.4 Å². The first-order valence-corrected chi connectivity index (χ1v) is 8.26. The molecule has 1 aliphatic carbocycles. The maximum absolute atomic E-state index is 13.1. The number of hydrogen-bond acceptors (Lipinski definition) is 6. The number of carbonyl (C=O) groups excluding carboxylic acids is 1. The summed E-state index contributed by atoms with van der Waals surface area (Å²) in [6.45, 7) is 3.66. The molecular weight excluding hydrogens is 329 g/mol. The smallest absolute Gasteiger partial charge is 0.343 e. The van der Waals surface area contributed by atoms with Gasteiger partial charge in [-0.25, -0.2) is 9.18 Å². The molecule has 2 saturated heterocycles. The quantitative estimate of drug-likeness (QED) is 0.771. The number of rotatable bonds is 5. The fourth-order valence-corrected chi connectivity index (χ4v) is 3.75. The highest BCUT2D eigenvalue weighted by Crippen LogP contribution is 2.56. The molecule has 0 aromatic carbocycles. The van der Waals surface area contributed by atoms with Crippen LogP contribution in [0.1, 0.15) is 37.0 Å². The van der Waals surface area contributed by atoms with Crippen LogP contribution in [0.2, 0.25) is 0 Å². The van der Waals surface area contributed by atoms with E-state index < -0.39 is 18.2 Å². The molecular formula is C17H20FN3O4. The summed E-state index contributed by atoms with van der Waals surface area (Å²) in [6, 6.07) is 1.67. The van der Waals surface area contributed by atoms with Crippen molar-refractivity contribution >= 4 is 17.0 Å². The predicted molar refractivity (Wildman–Crippen MR) is 86.5 cm³/mol. The highest BCUT2D eigenvalue weighted by Gasteiger charge is 2.64. The molecule has 0 N–H and O–H groups in total. The Morgan fingerprint density at radius 2 is 2.24 bits per heavy atom. The van der Waals surface area contributed by atoms with Gasteiger partial charge in [0.25, 0.3) is 0 Å². The first-order chi connectivity index (χ1) is 11.9. The summed E-state index contributed by atoms with van der Waals surface area (Å²) in [5.41, 5.74) is -0.233. The highest BCUT2D eigenvalue weighted by atomic mass is 19.1. The van der Waals surface area contributed by atoms with Crippen LogP contribution >= 0.6 is 0 Å². The second kappa shape index (κ2) is 5.39. The van der Waals surface area contributed by atoms with E-state index in [1.807, 2.05) is 20.0 Å². The van der Waals surface area contributed by atoms with Gasteiger partial charge >= 0.3 is 5.97 Å². The van der Waals surface area contributed by atoms with E-state index in [0.29, 0.717) is 30.5 Å². The van der Waals surface area contributed by atoms with Gasteiger partial charge in [0.05, 0.1) is 25.4 Å². The van der Waals surface area contributed by atoms with Crippen LogP contribution in [-0.4, -0.2) is 52.8 Å². The molecule has 0 spiro atoms. The van der Waals surface area contributed by atoms with Crippen molar-refractivity contribution in [3.05, 3.63) is 17.8 Å². The average Bonchev–Trinajstić information content (AvgIpc) is 3.23. The standard InChI is InChI=1S/C17H20FN3O4/c1-10(2)25-14-12(15(22)23-3)4-11-5-21(20-13(11)19-14)16-6-17(7-16,8-18)24-9-16/h4-5,10H,6-9H2,1-3H3. The molecule has 5 rings (SSSR count). The molecule has 3 fully saturated rings. The lowest BCUT2D eigenvalue weighted by atomic mass is 9.69. The van der Waals surface area contributed by atoms with Crippen molar-refractivity contribution in [2.45, 2.75) is 43.9 Å². The molecule has 25 heavy (non-hydrogen) atoms. The van der Waals surface area contributed by atoms with Gasteiger partial charge < -0.3 is 14.2 Å². The molecule has 8 heteroatoms. The minimum absolute atomic E-state index is 0.144. The number of aromatic nitrogens is 3. The van der Waals surface area contributed by atoms with Crippen molar-refractivity contribution < 1.29 is 23.4 Å². The number of fused-ring (bicyclic) bond motifs is 2. The fraction of sp³-hybridized carbons (Fsp3) is 0.588. The normalized spacial score (nSPS) is 27.6. The van der Waals surface area contributed by atoms with E-state index in [-0.39, 0.29) is 23.1 Å². The number of esters is 1. The summed E-state index contributed by atoms with van der Waals surface area (Å²) in [5.74, 6) is -0.313. The number of carbonyl (C=O) groups is 1. The van der Waals surface area contributed by atoms with E-state index in [9.17, 15) is 9.18 Å². The Balaban J connectivity index is 1.75. The van der Waals surface area contributed by atoms with Crippen molar-refractivity contribution in [2.24, 2.45) is 0 Å². The summed E-state index contributed by atoms with van der Waals surface area (Å²) in [5, 5.41) is 5.24. The first-order valence-electron chi connectivity index (χ1n) is 8.26. The Morgan fingerprint density at radius 1 is 1.48 bits per heavy atom. The Hall–Kier alpha value is -2.22. The molecule has 2 aromatic heterocycles. The molecule has 0 unspecified atom stereocenters. The maximum atomic E-state index is 13.1. The van der Waals surface area contributed by atoms with Gasteiger partial charge in [0, 0.05) is 24.4 Å². The minimum Gasteiger partial charge on any atom is -0.474 e. The fourth-order valence-electron chi connectivity index (χ4n) is 3.75. The van der Waals surface area contributed by atoms with E-state index in [2.05, 4.69) is 10.1 Å². The van der Waals surface area contributed by atoms with Gasteiger partial charge in [0.2, 0.25) is 5.88 Å². The van der Waals surface area contributed by atoms with E-state index in [1.54, 1.807) is 10.7 Å². The SMILES string of the molecule is COC(=O)c1cc2cn(C34COC(CF)(C3)C4)nc2nc1OC(C)C. The number of methoxy groups -OCH3 is 1. The molecule has 3 aliphatic rings. The second-order valence-corrected chi connectivity index (χ2v) is 7.17. The van der Waals surface area contributed by atoms with Crippen LogP contribution in [0.4, 0.5) is 4.39 Å². The van der Waals surface area contributed by atoms with Gasteiger partial charge in [0.15, 0.2) is 5.65 Å². The lowest BCUT2D eigenvalue weighted by molar-refractivity contribution is -0.0336. The highest BCUT2D eigenvalue weighted by molar-refractivity contribution is 5.95. The van der Waals surface area contributed by atoms with Crippen LogP contribution in [0.25, 0.3) is 11.0 Å². The number of halogens is 1. The third kappa shape index (κ3) is 2.38. The van der Waals surface area contributed by atoms with Crippen molar-refractivity contribution in [1.82, 2.24) is 14.8 Å². The van der Waals surface area contributed by atoms with Gasteiger partial charge in [0.1, 0.15) is 17.8 Å². The van der Waals surface area contributed by atoms with E-state index in [1.165, 1.54) is 7.11 Å². The lowest BCUT2D eigenvalue weighted by Gasteiger charge is -2.42. The second-order valence-electron chi connectivity index (χ2n) is 7.17. The number of pyridine rings is 1. The van der Waals surface area contributed by atoms with Gasteiger partial charge in [-0.05, 0) is 19.9 Å². The first kappa shape index (κ1) is 16.3. The zero-order valence-electron chi connectivity index (χ0n) is 14.4. The maximum Gasteiger partial charge on any atom is 0.343 e. The molecule has 0 amide bonds.